The van der Waals surface area contributed by atoms with E-state index in [0.717, 1.165) is 13.1 Å². The summed E-state index contributed by atoms with van der Waals surface area (Å²) >= 11 is 1.38. The fraction of sp³-hybridized carbons (Fsp3) is 0.500. The molecule has 0 bridgehead atoms. The summed E-state index contributed by atoms with van der Waals surface area (Å²) in [5.74, 6) is -1.34. The van der Waals surface area contributed by atoms with Crippen LogP contribution < -0.4 is 5.32 Å². The molecule has 0 unspecified atom stereocenters. The maximum absolute atomic E-state index is 11.8. The number of esters is 2. The highest BCUT2D eigenvalue weighted by Gasteiger charge is 2.25. The average molecular weight is 281 g/mol. The summed E-state index contributed by atoms with van der Waals surface area (Å²) in [6.45, 7) is 1.55. The molecule has 0 atom stereocenters. The Balaban J connectivity index is 1.93. The lowest BCUT2D eigenvalue weighted by atomic mass is 9.98. The number of nitrogens with one attached hydrogen (secondary N) is 1. The average Bonchev–Trinajstić information content (AvgIpc) is 2.48. The van der Waals surface area contributed by atoms with Gasteiger partial charge in [0.2, 0.25) is 0 Å². The van der Waals surface area contributed by atoms with E-state index in [4.69, 9.17) is 4.74 Å². The third-order valence-electron chi connectivity index (χ3n) is 2.91. The van der Waals surface area contributed by atoms with Crippen molar-refractivity contribution in [3.05, 3.63) is 18.0 Å². The number of carbonyl (C=O) groups is 2. The number of ether oxygens (including phenoxy) is 1. The minimum absolute atomic E-state index is 0.195. The number of nitrogens with zero attached hydrogens (tertiary/aromatic N) is 2. The van der Waals surface area contributed by atoms with E-state index in [1.165, 1.54) is 24.2 Å². The topological polar surface area (TPSA) is 81.2 Å². The second-order valence-electron chi connectivity index (χ2n) is 4.19. The highest BCUT2D eigenvalue weighted by molar-refractivity contribution is 7.98. The largest absolute Gasteiger partial charge is 0.389 e. The van der Waals surface area contributed by atoms with Crippen LogP contribution in [-0.4, -0.2) is 41.3 Å². The Hall–Kier alpha value is -1.47. The van der Waals surface area contributed by atoms with Gasteiger partial charge in [-0.2, -0.15) is 0 Å². The predicted octanol–water partition coefficient (Wildman–Crippen LogP) is 0.881. The molecular formula is C12H15N3O3S. The molecule has 1 N–H and O–H groups in total. The van der Waals surface area contributed by atoms with E-state index in [9.17, 15) is 9.59 Å². The molecule has 2 rings (SSSR count). The Labute approximate surface area is 115 Å². The van der Waals surface area contributed by atoms with Gasteiger partial charge >= 0.3 is 11.9 Å². The smallest absolute Gasteiger partial charge is 0.348 e. The normalized spacial score (nSPS) is 16.1. The molecule has 0 aromatic carbocycles. The van der Waals surface area contributed by atoms with Crippen molar-refractivity contribution in [2.75, 3.05) is 19.3 Å². The lowest BCUT2D eigenvalue weighted by Gasteiger charge is -2.20. The van der Waals surface area contributed by atoms with Crippen LogP contribution in [0.5, 0.6) is 0 Å². The lowest BCUT2D eigenvalue weighted by Crippen LogP contribution is -2.33. The van der Waals surface area contributed by atoms with Gasteiger partial charge in [0, 0.05) is 12.4 Å². The van der Waals surface area contributed by atoms with Crippen LogP contribution >= 0.6 is 11.8 Å². The Morgan fingerprint density at radius 3 is 2.53 bits per heavy atom. The van der Waals surface area contributed by atoms with E-state index in [0.29, 0.717) is 18.0 Å². The highest BCUT2D eigenvalue weighted by Crippen LogP contribution is 2.15. The van der Waals surface area contributed by atoms with Crippen LogP contribution in [0.4, 0.5) is 0 Å². The number of rotatable bonds is 3. The molecule has 6 nitrogen and oxygen atoms in total. The molecule has 0 aliphatic carbocycles. The first-order valence-corrected chi connectivity index (χ1v) is 7.26. The van der Waals surface area contributed by atoms with Gasteiger partial charge in [0.1, 0.15) is 0 Å². The standard InChI is InChI=1S/C12H15N3O3S/c1-19-12-14-6-9(7-15-12)11(17)18-10(16)8-2-4-13-5-3-8/h6-8,13H,2-5H2,1H3. The first-order chi connectivity index (χ1) is 9.20. The minimum atomic E-state index is -0.684. The third-order valence-corrected chi connectivity index (χ3v) is 3.49. The van der Waals surface area contributed by atoms with Gasteiger partial charge in [-0.25, -0.2) is 14.8 Å². The summed E-state index contributed by atoms with van der Waals surface area (Å²) in [5.41, 5.74) is 0.195. The molecule has 0 radical (unpaired) electrons. The molecule has 0 saturated carbocycles. The summed E-state index contributed by atoms with van der Waals surface area (Å²) < 4.78 is 4.86. The minimum Gasteiger partial charge on any atom is -0.389 e. The molecule has 1 aliphatic heterocycles. The van der Waals surface area contributed by atoms with Crippen molar-refractivity contribution in [1.82, 2.24) is 15.3 Å². The van der Waals surface area contributed by atoms with Crippen molar-refractivity contribution in [3.63, 3.8) is 0 Å². The highest BCUT2D eigenvalue weighted by atomic mass is 32.2. The van der Waals surface area contributed by atoms with Gasteiger partial charge in [-0.05, 0) is 32.2 Å². The van der Waals surface area contributed by atoms with Crippen molar-refractivity contribution in [2.45, 2.75) is 18.0 Å². The van der Waals surface area contributed by atoms with Crippen LogP contribution in [0.2, 0.25) is 0 Å². The Morgan fingerprint density at radius 1 is 1.32 bits per heavy atom. The SMILES string of the molecule is CSc1ncc(C(=O)OC(=O)C2CCNCC2)cn1. The molecule has 1 aliphatic rings. The van der Waals surface area contributed by atoms with E-state index >= 15 is 0 Å². The Kier molecular flexibility index (Phi) is 4.86. The first kappa shape index (κ1) is 14.0. The maximum Gasteiger partial charge on any atom is 0.348 e. The molecule has 19 heavy (non-hydrogen) atoms. The fourth-order valence-corrected chi connectivity index (χ4v) is 2.13. The molecule has 7 heteroatoms. The molecule has 0 spiro atoms. The second kappa shape index (κ2) is 6.63. The summed E-state index contributed by atoms with van der Waals surface area (Å²) in [7, 11) is 0. The van der Waals surface area contributed by atoms with Crippen LogP contribution in [0.1, 0.15) is 23.2 Å². The molecule has 1 saturated heterocycles. The van der Waals surface area contributed by atoms with Crippen molar-refractivity contribution in [1.29, 1.82) is 0 Å². The van der Waals surface area contributed by atoms with Crippen molar-refractivity contribution in [3.8, 4) is 0 Å². The summed E-state index contributed by atoms with van der Waals surface area (Å²) in [5, 5.41) is 3.72. The number of piperidine rings is 1. The molecule has 102 valence electrons. The zero-order valence-electron chi connectivity index (χ0n) is 10.6. The van der Waals surface area contributed by atoms with Crippen LogP contribution in [0.25, 0.3) is 0 Å². The summed E-state index contributed by atoms with van der Waals surface area (Å²) in [6.07, 6.45) is 5.99. The van der Waals surface area contributed by atoms with Gasteiger partial charge in [-0.3, -0.25) is 4.79 Å². The molecule has 1 aromatic heterocycles. The van der Waals surface area contributed by atoms with E-state index in [2.05, 4.69) is 15.3 Å². The number of aromatic nitrogens is 2. The summed E-state index contributed by atoms with van der Waals surface area (Å²) in [6, 6.07) is 0. The van der Waals surface area contributed by atoms with Crippen molar-refractivity contribution < 1.29 is 14.3 Å². The van der Waals surface area contributed by atoms with E-state index in [1.54, 1.807) is 0 Å². The van der Waals surface area contributed by atoms with Gasteiger partial charge in [-0.15, -0.1) is 0 Å². The van der Waals surface area contributed by atoms with E-state index in [-0.39, 0.29) is 11.5 Å². The van der Waals surface area contributed by atoms with Gasteiger partial charge < -0.3 is 10.1 Å². The summed E-state index contributed by atoms with van der Waals surface area (Å²) in [4.78, 5) is 31.5. The van der Waals surface area contributed by atoms with Gasteiger partial charge in [-0.1, -0.05) is 11.8 Å². The van der Waals surface area contributed by atoms with Gasteiger partial charge in [0.15, 0.2) is 5.16 Å². The van der Waals surface area contributed by atoms with Gasteiger partial charge in [0.05, 0.1) is 11.5 Å². The van der Waals surface area contributed by atoms with Gasteiger partial charge in [0.25, 0.3) is 0 Å². The molecule has 0 amide bonds. The molecular weight excluding hydrogens is 266 g/mol. The molecule has 1 fully saturated rings. The Bertz CT molecular complexity index is 458. The van der Waals surface area contributed by atoms with Crippen molar-refractivity contribution in [2.24, 2.45) is 5.92 Å². The fourth-order valence-electron chi connectivity index (χ4n) is 1.82. The molecule has 1 aromatic rings. The Morgan fingerprint density at radius 2 is 1.95 bits per heavy atom. The zero-order chi connectivity index (χ0) is 13.7. The lowest BCUT2D eigenvalue weighted by molar-refractivity contribution is -0.143. The number of carbonyl (C=O) groups excluding carboxylic acids is 2. The van der Waals surface area contributed by atoms with E-state index in [1.807, 2.05) is 6.26 Å². The van der Waals surface area contributed by atoms with E-state index < -0.39 is 11.9 Å². The monoisotopic (exact) mass is 281 g/mol. The number of hydrogen-bond donors (Lipinski definition) is 1. The second-order valence-corrected chi connectivity index (χ2v) is 4.96. The van der Waals surface area contributed by atoms with Crippen molar-refractivity contribution >= 4 is 23.7 Å². The van der Waals surface area contributed by atoms with Crippen LogP contribution in [0.3, 0.4) is 0 Å². The third kappa shape index (κ3) is 3.74. The first-order valence-electron chi connectivity index (χ1n) is 6.03. The number of thioether (sulfide) groups is 1. The zero-order valence-corrected chi connectivity index (χ0v) is 11.4. The quantitative estimate of drug-likeness (QED) is 0.381. The van der Waals surface area contributed by atoms with Crippen LogP contribution in [0, 0.1) is 5.92 Å². The predicted molar refractivity (Wildman–Crippen MR) is 69.8 cm³/mol. The van der Waals surface area contributed by atoms with Crippen LogP contribution in [0.15, 0.2) is 17.6 Å². The maximum atomic E-state index is 11.8. The van der Waals surface area contributed by atoms with Crippen LogP contribution in [-0.2, 0) is 9.53 Å². The number of hydrogen-bond acceptors (Lipinski definition) is 7. The molecule has 2 heterocycles.